The second-order valence-electron chi connectivity index (χ2n) is 6.22. The molecule has 1 saturated heterocycles. The van der Waals surface area contributed by atoms with Gasteiger partial charge >= 0.3 is 11.9 Å². The third-order valence-electron chi connectivity index (χ3n) is 4.04. The van der Waals surface area contributed by atoms with Crippen LogP contribution in [-0.4, -0.2) is 87.2 Å². The van der Waals surface area contributed by atoms with Gasteiger partial charge in [-0.25, -0.2) is 4.79 Å². The number of carboxylic acids is 2. The van der Waals surface area contributed by atoms with Crippen molar-refractivity contribution in [3.05, 3.63) is 0 Å². The Balaban J connectivity index is 2.84. The van der Waals surface area contributed by atoms with Crippen molar-refractivity contribution in [1.29, 1.82) is 0 Å². The van der Waals surface area contributed by atoms with Crippen LogP contribution in [0.4, 0.5) is 0 Å². The van der Waals surface area contributed by atoms with E-state index >= 15 is 0 Å². The minimum atomic E-state index is -1.64. The molecule has 3 amide bonds. The molecule has 1 rings (SSSR count). The molecule has 0 bridgehead atoms. The van der Waals surface area contributed by atoms with Gasteiger partial charge in [-0.3, -0.25) is 19.2 Å². The number of aliphatic hydroxyl groups excluding tert-OH is 1. The SMILES string of the molecule is CC(N)C(=O)NC(CO)C(=O)N1CCCC1C(=O)NC(CC(=O)O)C(=O)O. The second-order valence-corrected chi connectivity index (χ2v) is 6.22. The molecule has 12 nitrogen and oxygen atoms in total. The van der Waals surface area contributed by atoms with Crippen LogP contribution >= 0.6 is 0 Å². The molecule has 0 aliphatic carbocycles. The number of nitrogens with two attached hydrogens (primary N) is 1. The molecule has 0 aromatic rings. The molecule has 27 heavy (non-hydrogen) atoms. The van der Waals surface area contributed by atoms with E-state index in [4.69, 9.17) is 15.9 Å². The monoisotopic (exact) mass is 388 g/mol. The van der Waals surface area contributed by atoms with Crippen LogP contribution in [0.3, 0.4) is 0 Å². The van der Waals surface area contributed by atoms with Crippen LogP contribution in [0.25, 0.3) is 0 Å². The fraction of sp³-hybridized carbons (Fsp3) is 0.667. The van der Waals surface area contributed by atoms with E-state index in [0.717, 1.165) is 4.90 Å². The number of hydrogen-bond acceptors (Lipinski definition) is 7. The van der Waals surface area contributed by atoms with Crippen molar-refractivity contribution in [2.75, 3.05) is 13.2 Å². The molecule has 1 aliphatic rings. The smallest absolute Gasteiger partial charge is 0.326 e. The van der Waals surface area contributed by atoms with E-state index in [0.29, 0.717) is 6.42 Å². The van der Waals surface area contributed by atoms with Gasteiger partial charge in [0.05, 0.1) is 19.1 Å². The van der Waals surface area contributed by atoms with Gasteiger partial charge in [0.1, 0.15) is 18.1 Å². The second kappa shape index (κ2) is 9.83. The lowest BCUT2D eigenvalue weighted by molar-refractivity contribution is -0.148. The molecule has 1 heterocycles. The van der Waals surface area contributed by atoms with E-state index in [2.05, 4.69) is 10.6 Å². The first-order chi connectivity index (χ1) is 12.6. The van der Waals surface area contributed by atoms with Crippen LogP contribution in [0.2, 0.25) is 0 Å². The molecule has 0 aromatic carbocycles. The van der Waals surface area contributed by atoms with Gasteiger partial charge < -0.3 is 36.6 Å². The van der Waals surface area contributed by atoms with Crippen LogP contribution in [0.5, 0.6) is 0 Å². The van der Waals surface area contributed by atoms with Crippen molar-refractivity contribution in [2.24, 2.45) is 5.73 Å². The van der Waals surface area contributed by atoms with Crippen LogP contribution < -0.4 is 16.4 Å². The molecule has 1 fully saturated rings. The molecule has 152 valence electrons. The molecule has 4 unspecified atom stereocenters. The summed E-state index contributed by atoms with van der Waals surface area (Å²) in [4.78, 5) is 59.5. The summed E-state index contributed by atoms with van der Waals surface area (Å²) in [6, 6.07) is -4.88. The maximum absolute atomic E-state index is 12.6. The van der Waals surface area contributed by atoms with E-state index in [1.807, 2.05) is 0 Å². The topological polar surface area (TPSA) is 199 Å². The zero-order valence-corrected chi connectivity index (χ0v) is 14.8. The van der Waals surface area contributed by atoms with Gasteiger partial charge in [0.2, 0.25) is 17.7 Å². The maximum atomic E-state index is 12.6. The van der Waals surface area contributed by atoms with Crippen molar-refractivity contribution in [3.63, 3.8) is 0 Å². The van der Waals surface area contributed by atoms with Gasteiger partial charge in [0, 0.05) is 6.54 Å². The lowest BCUT2D eigenvalue weighted by Crippen LogP contribution is -2.57. The van der Waals surface area contributed by atoms with Crippen molar-refractivity contribution in [3.8, 4) is 0 Å². The van der Waals surface area contributed by atoms with Crippen molar-refractivity contribution in [1.82, 2.24) is 15.5 Å². The van der Waals surface area contributed by atoms with Crippen molar-refractivity contribution in [2.45, 2.75) is 50.4 Å². The number of carbonyl (C=O) groups excluding carboxylic acids is 3. The van der Waals surface area contributed by atoms with Crippen LogP contribution in [0, 0.1) is 0 Å². The largest absolute Gasteiger partial charge is 0.481 e. The first-order valence-electron chi connectivity index (χ1n) is 8.30. The number of rotatable bonds is 9. The first-order valence-corrected chi connectivity index (χ1v) is 8.30. The fourth-order valence-corrected chi connectivity index (χ4v) is 2.63. The highest BCUT2D eigenvalue weighted by atomic mass is 16.4. The molecule has 12 heteroatoms. The number of aliphatic hydroxyl groups is 1. The predicted octanol–water partition coefficient (Wildman–Crippen LogP) is -3.15. The Morgan fingerprint density at radius 3 is 2.26 bits per heavy atom. The Morgan fingerprint density at radius 2 is 1.78 bits per heavy atom. The number of carbonyl (C=O) groups is 5. The molecular formula is C15H24N4O8. The number of amides is 3. The molecule has 0 radical (unpaired) electrons. The average Bonchev–Trinajstić information content (AvgIpc) is 3.07. The summed E-state index contributed by atoms with van der Waals surface area (Å²) in [6.07, 6.45) is -0.137. The molecule has 7 N–H and O–H groups in total. The predicted molar refractivity (Wildman–Crippen MR) is 89.2 cm³/mol. The van der Waals surface area contributed by atoms with E-state index in [1.54, 1.807) is 0 Å². The Bertz CT molecular complexity index is 609. The maximum Gasteiger partial charge on any atom is 0.326 e. The molecule has 1 aliphatic heterocycles. The molecule has 0 spiro atoms. The normalized spacial score (nSPS) is 19.7. The minimum Gasteiger partial charge on any atom is -0.481 e. The number of aliphatic carboxylic acids is 2. The van der Waals surface area contributed by atoms with Crippen molar-refractivity contribution < 1.29 is 39.3 Å². The summed E-state index contributed by atoms with van der Waals surface area (Å²) in [5.74, 6) is -5.10. The number of carboxylic acid groups (broad SMARTS) is 2. The quantitative estimate of drug-likeness (QED) is 0.236. The third-order valence-corrected chi connectivity index (χ3v) is 4.04. The van der Waals surface area contributed by atoms with Gasteiger partial charge in [-0.1, -0.05) is 0 Å². The summed E-state index contributed by atoms with van der Waals surface area (Å²) in [7, 11) is 0. The summed E-state index contributed by atoms with van der Waals surface area (Å²) >= 11 is 0. The lowest BCUT2D eigenvalue weighted by Gasteiger charge is -2.28. The van der Waals surface area contributed by atoms with Gasteiger partial charge in [-0.15, -0.1) is 0 Å². The van der Waals surface area contributed by atoms with Crippen LogP contribution in [0.15, 0.2) is 0 Å². The van der Waals surface area contributed by atoms with E-state index < -0.39 is 66.9 Å². The summed E-state index contributed by atoms with van der Waals surface area (Å²) in [6.45, 7) is 0.853. The fourth-order valence-electron chi connectivity index (χ4n) is 2.63. The Labute approximate surface area is 154 Å². The van der Waals surface area contributed by atoms with E-state index in [9.17, 15) is 29.1 Å². The van der Waals surface area contributed by atoms with Gasteiger partial charge in [-0.05, 0) is 19.8 Å². The zero-order valence-electron chi connectivity index (χ0n) is 14.8. The average molecular weight is 388 g/mol. The summed E-state index contributed by atoms with van der Waals surface area (Å²) in [5.41, 5.74) is 5.40. The molecule has 0 saturated carbocycles. The highest BCUT2D eigenvalue weighted by molar-refractivity contribution is 5.95. The van der Waals surface area contributed by atoms with Gasteiger partial charge in [0.15, 0.2) is 0 Å². The number of hydrogen-bond donors (Lipinski definition) is 6. The number of likely N-dealkylation sites (tertiary alicyclic amines) is 1. The van der Waals surface area contributed by atoms with Gasteiger partial charge in [-0.2, -0.15) is 0 Å². The Kier molecular flexibility index (Phi) is 8.12. The van der Waals surface area contributed by atoms with E-state index in [-0.39, 0.29) is 13.0 Å². The summed E-state index contributed by atoms with van der Waals surface area (Å²) < 4.78 is 0. The Morgan fingerprint density at radius 1 is 1.15 bits per heavy atom. The summed E-state index contributed by atoms with van der Waals surface area (Å²) in [5, 5.41) is 31.5. The van der Waals surface area contributed by atoms with E-state index in [1.165, 1.54) is 6.92 Å². The zero-order chi connectivity index (χ0) is 20.7. The Hall–Kier alpha value is -2.73. The molecule has 4 atom stereocenters. The molecule has 0 aromatic heterocycles. The highest BCUT2D eigenvalue weighted by Gasteiger charge is 2.39. The van der Waals surface area contributed by atoms with Crippen LogP contribution in [-0.2, 0) is 24.0 Å². The first kappa shape index (κ1) is 22.3. The number of nitrogens with one attached hydrogen (secondary N) is 2. The van der Waals surface area contributed by atoms with Crippen LogP contribution in [0.1, 0.15) is 26.2 Å². The standard InChI is InChI=1S/C15H24N4O8/c1-7(16)12(23)18-9(6-20)14(25)19-4-2-3-10(19)13(24)17-8(15(26)27)5-11(21)22/h7-10,20H,2-6,16H2,1H3,(H,17,24)(H,18,23)(H,21,22)(H,26,27). The lowest BCUT2D eigenvalue weighted by atomic mass is 10.1. The van der Waals surface area contributed by atoms with Gasteiger partial charge in [0.25, 0.3) is 0 Å². The number of nitrogens with zero attached hydrogens (tertiary/aromatic N) is 1. The van der Waals surface area contributed by atoms with Crippen molar-refractivity contribution >= 4 is 29.7 Å². The minimum absolute atomic E-state index is 0.165. The molecular weight excluding hydrogens is 364 g/mol. The third kappa shape index (κ3) is 6.18. The highest BCUT2D eigenvalue weighted by Crippen LogP contribution is 2.19.